The number of pyridine rings is 1. The molecule has 0 spiro atoms. The Hall–Kier alpha value is -2.53. The van der Waals surface area contributed by atoms with Crippen molar-refractivity contribution in [1.82, 2.24) is 9.88 Å². The van der Waals surface area contributed by atoms with Crippen molar-refractivity contribution in [3.05, 3.63) is 70.8 Å². The highest BCUT2D eigenvalue weighted by Crippen LogP contribution is 2.37. The zero-order valence-electron chi connectivity index (χ0n) is 21.3. The van der Waals surface area contributed by atoms with Crippen LogP contribution in [-0.2, 0) is 25.4 Å². The summed E-state index contributed by atoms with van der Waals surface area (Å²) in [5.41, 5.74) is -1.23. The fourth-order valence-corrected chi connectivity index (χ4v) is 4.67. The highest BCUT2D eigenvalue weighted by molar-refractivity contribution is 8.22. The van der Waals surface area contributed by atoms with Gasteiger partial charge in [-0.15, -0.1) is 11.8 Å². The van der Waals surface area contributed by atoms with E-state index in [1.807, 2.05) is 37.3 Å². The van der Waals surface area contributed by atoms with Gasteiger partial charge >= 0.3 is 12.4 Å². The van der Waals surface area contributed by atoms with E-state index in [1.165, 1.54) is 11.8 Å². The van der Waals surface area contributed by atoms with Crippen molar-refractivity contribution in [2.24, 2.45) is 0 Å². The van der Waals surface area contributed by atoms with E-state index in [1.54, 1.807) is 11.2 Å². The van der Waals surface area contributed by atoms with E-state index in [0.717, 1.165) is 53.8 Å². The SMILES string of the molecule is CCCCN(CC)c1nc2ccccc2cc1CN(Cc1cc(C(F)(F)F)cc(C(F)(F)F)c1)C(=S)SC. The molecule has 0 saturated carbocycles. The predicted octanol–water partition coefficient (Wildman–Crippen LogP) is 8.55. The Morgan fingerprint density at radius 2 is 1.55 bits per heavy atom. The molecule has 1 heterocycles. The molecular weight excluding hydrogens is 544 g/mol. The molecule has 38 heavy (non-hydrogen) atoms. The molecule has 3 rings (SSSR count). The molecule has 0 unspecified atom stereocenters. The van der Waals surface area contributed by atoms with Crippen molar-refractivity contribution in [3.63, 3.8) is 0 Å². The molecule has 3 aromatic rings. The maximum Gasteiger partial charge on any atom is 0.416 e. The van der Waals surface area contributed by atoms with Crippen molar-refractivity contribution >= 4 is 45.0 Å². The summed E-state index contributed by atoms with van der Waals surface area (Å²) in [5.74, 6) is 0.730. The Balaban J connectivity index is 2.08. The Labute approximate surface area is 228 Å². The van der Waals surface area contributed by atoms with Crippen LogP contribution < -0.4 is 4.90 Å². The summed E-state index contributed by atoms with van der Waals surface area (Å²) in [6, 6.07) is 11.2. The number of anilines is 1. The van der Waals surface area contributed by atoms with Crippen LogP contribution in [0.4, 0.5) is 32.2 Å². The van der Waals surface area contributed by atoms with Gasteiger partial charge in [-0.05, 0) is 55.5 Å². The number of fused-ring (bicyclic) bond motifs is 1. The van der Waals surface area contributed by atoms with E-state index < -0.39 is 23.5 Å². The number of hydrogen-bond acceptors (Lipinski definition) is 4. The molecule has 11 heteroatoms. The third-order valence-corrected chi connectivity index (χ3v) is 7.42. The molecule has 2 aromatic carbocycles. The fraction of sp³-hybridized carbons (Fsp3) is 0.407. The van der Waals surface area contributed by atoms with Gasteiger partial charge < -0.3 is 9.80 Å². The van der Waals surface area contributed by atoms with Gasteiger partial charge in [-0.2, -0.15) is 26.3 Å². The van der Waals surface area contributed by atoms with E-state index in [4.69, 9.17) is 17.2 Å². The van der Waals surface area contributed by atoms with Crippen LogP contribution in [0.3, 0.4) is 0 Å². The number of alkyl halides is 6. The number of nitrogens with zero attached hydrogens (tertiary/aromatic N) is 3. The lowest BCUT2D eigenvalue weighted by atomic mass is 10.0. The summed E-state index contributed by atoms with van der Waals surface area (Å²) in [7, 11) is 0. The smallest absolute Gasteiger partial charge is 0.357 e. The molecule has 1 aromatic heterocycles. The van der Waals surface area contributed by atoms with Gasteiger partial charge in [0, 0.05) is 37.1 Å². The first-order valence-corrected chi connectivity index (χ1v) is 13.8. The van der Waals surface area contributed by atoms with Crippen molar-refractivity contribution in [2.45, 2.75) is 52.1 Å². The standard InChI is InChI=1S/C27H29F6N3S2/c1-4-6-11-35(5-2)24-20(14-19-9-7-8-10-23(19)34-24)17-36(25(37)38-3)16-18-12-21(26(28,29)30)15-22(13-18)27(31,32)33/h7-10,12-15H,4-6,11,16-17H2,1-3H3. The van der Waals surface area contributed by atoms with Gasteiger partial charge in [0.15, 0.2) is 0 Å². The van der Waals surface area contributed by atoms with Crippen LogP contribution >= 0.6 is 24.0 Å². The minimum Gasteiger partial charge on any atom is -0.357 e. The van der Waals surface area contributed by atoms with E-state index in [9.17, 15) is 26.3 Å². The molecular formula is C27H29F6N3S2. The molecule has 0 saturated heterocycles. The number of unbranched alkanes of at least 4 members (excludes halogenated alkanes) is 1. The van der Waals surface area contributed by atoms with Crippen molar-refractivity contribution in [2.75, 3.05) is 24.2 Å². The van der Waals surface area contributed by atoms with E-state index >= 15 is 0 Å². The molecule has 0 radical (unpaired) electrons. The molecule has 0 aliphatic carbocycles. The highest BCUT2D eigenvalue weighted by Gasteiger charge is 2.37. The lowest BCUT2D eigenvalue weighted by Crippen LogP contribution is -2.30. The Bertz CT molecular complexity index is 1230. The van der Waals surface area contributed by atoms with Gasteiger partial charge in [-0.3, -0.25) is 0 Å². The number of para-hydroxylation sites is 1. The van der Waals surface area contributed by atoms with Gasteiger partial charge in [0.25, 0.3) is 0 Å². The first-order valence-electron chi connectivity index (χ1n) is 12.1. The second kappa shape index (κ2) is 12.5. The monoisotopic (exact) mass is 573 g/mol. The topological polar surface area (TPSA) is 19.4 Å². The summed E-state index contributed by atoms with van der Waals surface area (Å²) in [6.07, 6.45) is -6.19. The predicted molar refractivity (Wildman–Crippen MR) is 146 cm³/mol. The average Bonchev–Trinajstić information content (AvgIpc) is 2.87. The van der Waals surface area contributed by atoms with Crippen LogP contribution in [0.2, 0.25) is 0 Å². The van der Waals surface area contributed by atoms with Gasteiger partial charge in [0.1, 0.15) is 10.1 Å². The number of hydrogen-bond donors (Lipinski definition) is 0. The molecule has 206 valence electrons. The van der Waals surface area contributed by atoms with Crippen LogP contribution in [0.25, 0.3) is 10.9 Å². The van der Waals surface area contributed by atoms with E-state index in [2.05, 4.69) is 11.8 Å². The number of benzene rings is 2. The quantitative estimate of drug-likeness (QED) is 0.188. The van der Waals surface area contributed by atoms with E-state index in [-0.39, 0.29) is 24.7 Å². The molecule has 0 bridgehead atoms. The lowest BCUT2D eigenvalue weighted by Gasteiger charge is -2.29. The van der Waals surface area contributed by atoms with Crippen molar-refractivity contribution < 1.29 is 26.3 Å². The van der Waals surface area contributed by atoms with Gasteiger partial charge in [0.05, 0.1) is 16.6 Å². The van der Waals surface area contributed by atoms with Crippen LogP contribution in [-0.4, -0.2) is 33.5 Å². The maximum absolute atomic E-state index is 13.5. The van der Waals surface area contributed by atoms with Crippen LogP contribution in [0.15, 0.2) is 48.5 Å². The largest absolute Gasteiger partial charge is 0.416 e. The Kier molecular flexibility index (Phi) is 9.91. The van der Waals surface area contributed by atoms with Crippen LogP contribution in [0, 0.1) is 0 Å². The third kappa shape index (κ3) is 7.53. The normalized spacial score (nSPS) is 12.1. The molecule has 0 atom stereocenters. The first-order chi connectivity index (χ1) is 17.9. The number of aromatic nitrogens is 1. The fourth-order valence-electron chi connectivity index (χ4n) is 4.15. The average molecular weight is 574 g/mol. The van der Waals surface area contributed by atoms with Gasteiger partial charge in [-0.1, -0.05) is 43.8 Å². The summed E-state index contributed by atoms with van der Waals surface area (Å²) in [5, 5.41) is 0.881. The summed E-state index contributed by atoms with van der Waals surface area (Å²) < 4.78 is 81.1. The molecule has 0 aliphatic rings. The molecule has 0 fully saturated rings. The van der Waals surface area contributed by atoms with Crippen LogP contribution in [0.5, 0.6) is 0 Å². The van der Waals surface area contributed by atoms with Gasteiger partial charge in [0.2, 0.25) is 0 Å². The Morgan fingerprint density at radius 3 is 2.11 bits per heavy atom. The summed E-state index contributed by atoms with van der Waals surface area (Å²) in [4.78, 5) is 8.65. The number of thioether (sulfide) groups is 1. The van der Waals surface area contributed by atoms with Gasteiger partial charge in [-0.25, -0.2) is 4.98 Å². The van der Waals surface area contributed by atoms with Crippen molar-refractivity contribution in [3.8, 4) is 0 Å². The summed E-state index contributed by atoms with van der Waals surface area (Å²) in [6.45, 7) is 5.51. The van der Waals surface area contributed by atoms with E-state index in [0.29, 0.717) is 10.9 Å². The zero-order chi connectivity index (χ0) is 28.1. The number of thiocarbonyl (C=S) groups is 1. The minimum absolute atomic E-state index is 0.128. The summed E-state index contributed by atoms with van der Waals surface area (Å²) >= 11 is 6.71. The number of halogens is 6. The third-order valence-electron chi connectivity index (χ3n) is 6.06. The minimum atomic E-state index is -4.92. The highest BCUT2D eigenvalue weighted by atomic mass is 32.2. The molecule has 0 amide bonds. The molecule has 3 nitrogen and oxygen atoms in total. The number of rotatable bonds is 9. The first kappa shape index (κ1) is 30.0. The van der Waals surface area contributed by atoms with Crippen molar-refractivity contribution in [1.29, 1.82) is 0 Å². The lowest BCUT2D eigenvalue weighted by molar-refractivity contribution is -0.143. The second-order valence-electron chi connectivity index (χ2n) is 8.84. The second-order valence-corrected chi connectivity index (χ2v) is 10.3. The van der Waals surface area contributed by atoms with Crippen LogP contribution in [0.1, 0.15) is 48.9 Å². The molecule has 0 N–H and O–H groups in total. The Morgan fingerprint density at radius 1 is 0.921 bits per heavy atom. The molecule has 0 aliphatic heterocycles. The zero-order valence-corrected chi connectivity index (χ0v) is 22.9. The maximum atomic E-state index is 13.5.